The van der Waals surface area contributed by atoms with Crippen molar-refractivity contribution >= 4 is 35.0 Å². The summed E-state index contributed by atoms with van der Waals surface area (Å²) < 4.78 is 1.85. The SMILES string of the molecule is C=CC(=O)N1CCC[C@@H](n2cc(Nc3ncc(C(N)=O)c(Nc4ccccc4CC)n3)cn2)C1. The number of amides is 2. The molecule has 10 nitrogen and oxygen atoms in total. The molecule has 4 rings (SSSR count). The fourth-order valence-corrected chi connectivity index (χ4v) is 4.03. The lowest BCUT2D eigenvalue weighted by Crippen LogP contribution is -2.39. The molecule has 0 radical (unpaired) electrons. The van der Waals surface area contributed by atoms with Gasteiger partial charge in [0.25, 0.3) is 5.91 Å². The molecular formula is C24H28N8O2. The number of aromatic nitrogens is 4. The third-order valence-corrected chi connectivity index (χ3v) is 5.82. The number of carbonyl (C=O) groups is 2. The first-order valence-electron chi connectivity index (χ1n) is 11.2. The van der Waals surface area contributed by atoms with Crippen molar-refractivity contribution in [2.45, 2.75) is 32.2 Å². The number of nitrogens with one attached hydrogen (secondary N) is 2. The number of likely N-dealkylation sites (tertiary alicyclic amines) is 1. The van der Waals surface area contributed by atoms with E-state index in [1.54, 1.807) is 11.1 Å². The van der Waals surface area contributed by atoms with Gasteiger partial charge in [0.05, 0.1) is 17.9 Å². The van der Waals surface area contributed by atoms with E-state index in [-0.39, 0.29) is 17.5 Å². The van der Waals surface area contributed by atoms with Crippen molar-refractivity contribution in [2.24, 2.45) is 5.73 Å². The first kappa shape index (κ1) is 23.0. The van der Waals surface area contributed by atoms with Crippen LogP contribution in [0, 0.1) is 0 Å². The van der Waals surface area contributed by atoms with E-state index in [9.17, 15) is 9.59 Å². The van der Waals surface area contributed by atoms with Gasteiger partial charge in [0.15, 0.2) is 0 Å². The Hall–Kier alpha value is -4.21. The Morgan fingerprint density at radius 1 is 1.26 bits per heavy atom. The van der Waals surface area contributed by atoms with Crippen LogP contribution in [-0.2, 0) is 11.2 Å². The first-order valence-corrected chi connectivity index (χ1v) is 11.2. The summed E-state index contributed by atoms with van der Waals surface area (Å²) in [4.78, 5) is 34.4. The highest BCUT2D eigenvalue weighted by Gasteiger charge is 2.24. The Bertz CT molecular complexity index is 1210. The lowest BCUT2D eigenvalue weighted by Gasteiger charge is -2.32. The average molecular weight is 461 g/mol. The fraction of sp³-hybridized carbons (Fsp3) is 0.292. The Morgan fingerprint density at radius 2 is 2.09 bits per heavy atom. The van der Waals surface area contributed by atoms with Gasteiger partial charge in [-0.05, 0) is 37.0 Å². The van der Waals surface area contributed by atoms with Gasteiger partial charge in [0.2, 0.25) is 11.9 Å². The lowest BCUT2D eigenvalue weighted by atomic mass is 10.1. The maximum absolute atomic E-state index is 12.0. The van der Waals surface area contributed by atoms with Gasteiger partial charge in [-0.3, -0.25) is 14.3 Å². The first-order chi connectivity index (χ1) is 16.5. The molecule has 1 atom stereocenters. The zero-order chi connectivity index (χ0) is 24.1. The molecule has 0 saturated carbocycles. The molecule has 10 heteroatoms. The van der Waals surface area contributed by atoms with Crippen molar-refractivity contribution in [2.75, 3.05) is 23.7 Å². The van der Waals surface area contributed by atoms with Crippen molar-refractivity contribution in [3.8, 4) is 0 Å². The third-order valence-electron chi connectivity index (χ3n) is 5.82. The number of hydrogen-bond donors (Lipinski definition) is 3. The predicted molar refractivity (Wildman–Crippen MR) is 130 cm³/mol. The monoisotopic (exact) mass is 460 g/mol. The second-order valence-electron chi connectivity index (χ2n) is 8.07. The summed E-state index contributed by atoms with van der Waals surface area (Å²) in [6, 6.07) is 7.88. The summed E-state index contributed by atoms with van der Waals surface area (Å²) in [5.41, 5.74) is 8.37. The Morgan fingerprint density at radius 3 is 2.85 bits per heavy atom. The molecule has 0 bridgehead atoms. The minimum atomic E-state index is -0.619. The Kier molecular flexibility index (Phi) is 6.86. The molecule has 3 heterocycles. The fourth-order valence-electron chi connectivity index (χ4n) is 4.03. The van der Waals surface area contributed by atoms with Gasteiger partial charge in [-0.2, -0.15) is 10.1 Å². The Balaban J connectivity index is 1.53. The molecule has 2 aromatic heterocycles. The summed E-state index contributed by atoms with van der Waals surface area (Å²) >= 11 is 0. The largest absolute Gasteiger partial charge is 0.365 e. The van der Waals surface area contributed by atoms with E-state index in [1.807, 2.05) is 35.1 Å². The minimum absolute atomic E-state index is 0.0668. The molecule has 3 aromatic rings. The van der Waals surface area contributed by atoms with Crippen LogP contribution < -0.4 is 16.4 Å². The number of nitrogens with two attached hydrogens (primary N) is 1. The van der Waals surface area contributed by atoms with Crippen LogP contribution in [0.3, 0.4) is 0 Å². The summed E-state index contributed by atoms with van der Waals surface area (Å²) in [6.07, 6.45) is 8.93. The van der Waals surface area contributed by atoms with Crippen LogP contribution in [0.15, 0.2) is 55.5 Å². The molecule has 0 spiro atoms. The summed E-state index contributed by atoms with van der Waals surface area (Å²) in [5, 5.41) is 10.8. The maximum atomic E-state index is 12.0. The van der Waals surface area contributed by atoms with Gasteiger partial charge in [-0.25, -0.2) is 4.98 Å². The van der Waals surface area contributed by atoms with Crippen LogP contribution >= 0.6 is 0 Å². The highest BCUT2D eigenvalue weighted by molar-refractivity contribution is 5.98. The minimum Gasteiger partial charge on any atom is -0.365 e. The van der Waals surface area contributed by atoms with Crippen molar-refractivity contribution in [1.29, 1.82) is 0 Å². The number of primary amides is 1. The van der Waals surface area contributed by atoms with Crippen LogP contribution in [0.25, 0.3) is 0 Å². The molecule has 0 aliphatic carbocycles. The van der Waals surface area contributed by atoms with E-state index in [1.165, 1.54) is 12.3 Å². The van der Waals surface area contributed by atoms with E-state index < -0.39 is 5.91 Å². The van der Waals surface area contributed by atoms with Gasteiger partial charge < -0.3 is 21.3 Å². The number of benzene rings is 1. The highest BCUT2D eigenvalue weighted by atomic mass is 16.2. The average Bonchev–Trinajstić information content (AvgIpc) is 3.32. The number of nitrogens with zero attached hydrogens (tertiary/aromatic N) is 5. The molecule has 1 aliphatic rings. The quantitative estimate of drug-likeness (QED) is 0.440. The molecule has 1 saturated heterocycles. The zero-order valence-electron chi connectivity index (χ0n) is 19.1. The van der Waals surface area contributed by atoms with Crippen LogP contribution in [-0.4, -0.2) is 49.6 Å². The molecule has 1 aliphatic heterocycles. The standard InChI is InChI=1S/C24H28N8O2/c1-3-16-8-5-6-10-20(16)29-23-19(22(25)34)13-26-24(30-23)28-17-12-27-32(14-17)18-9-7-11-31(15-18)21(33)4-2/h4-6,8,10,12-14,18H,2-3,7,9,11,15H2,1H3,(H2,25,34)(H2,26,28,29,30)/t18-/m1/s1. The smallest absolute Gasteiger partial charge is 0.254 e. The normalized spacial score (nSPS) is 15.6. The molecule has 4 N–H and O–H groups in total. The van der Waals surface area contributed by atoms with E-state index >= 15 is 0 Å². The van der Waals surface area contributed by atoms with Crippen molar-refractivity contribution in [1.82, 2.24) is 24.6 Å². The number of rotatable bonds is 8. The van der Waals surface area contributed by atoms with E-state index in [0.29, 0.717) is 24.0 Å². The van der Waals surface area contributed by atoms with Gasteiger partial charge in [-0.15, -0.1) is 0 Å². The van der Waals surface area contributed by atoms with E-state index in [4.69, 9.17) is 5.73 Å². The van der Waals surface area contributed by atoms with Crippen molar-refractivity contribution in [3.05, 3.63) is 66.6 Å². The summed E-state index contributed by atoms with van der Waals surface area (Å²) in [7, 11) is 0. The zero-order valence-corrected chi connectivity index (χ0v) is 19.1. The van der Waals surface area contributed by atoms with E-state index in [2.05, 4.69) is 39.2 Å². The summed E-state index contributed by atoms with van der Waals surface area (Å²) in [6.45, 7) is 6.94. The highest BCUT2D eigenvalue weighted by Crippen LogP contribution is 2.26. The molecule has 176 valence electrons. The number of piperidine rings is 1. The predicted octanol–water partition coefficient (Wildman–Crippen LogP) is 3.17. The molecule has 2 amide bonds. The lowest BCUT2D eigenvalue weighted by molar-refractivity contribution is -0.127. The number of para-hydroxylation sites is 1. The van der Waals surface area contributed by atoms with Crippen LogP contribution in [0.2, 0.25) is 0 Å². The van der Waals surface area contributed by atoms with Gasteiger partial charge in [0.1, 0.15) is 11.4 Å². The van der Waals surface area contributed by atoms with E-state index in [0.717, 1.165) is 37.1 Å². The van der Waals surface area contributed by atoms with Gasteiger partial charge in [-0.1, -0.05) is 31.7 Å². The van der Waals surface area contributed by atoms with Crippen LogP contribution in [0.1, 0.15) is 41.7 Å². The summed E-state index contributed by atoms with van der Waals surface area (Å²) in [5.74, 6) is -0.0631. The maximum Gasteiger partial charge on any atom is 0.254 e. The number of aryl methyl sites for hydroxylation is 1. The number of anilines is 4. The molecule has 34 heavy (non-hydrogen) atoms. The molecular weight excluding hydrogens is 432 g/mol. The van der Waals surface area contributed by atoms with Crippen LogP contribution in [0.5, 0.6) is 0 Å². The second-order valence-corrected chi connectivity index (χ2v) is 8.07. The topological polar surface area (TPSA) is 131 Å². The molecule has 1 fully saturated rings. The van der Waals surface area contributed by atoms with Crippen LogP contribution in [0.4, 0.5) is 23.1 Å². The van der Waals surface area contributed by atoms with Gasteiger partial charge in [0, 0.05) is 31.2 Å². The van der Waals surface area contributed by atoms with Crippen molar-refractivity contribution in [3.63, 3.8) is 0 Å². The Labute approximate surface area is 197 Å². The number of carbonyl (C=O) groups excluding carboxylic acids is 2. The number of hydrogen-bond acceptors (Lipinski definition) is 7. The molecule has 1 aromatic carbocycles. The van der Waals surface area contributed by atoms with Gasteiger partial charge >= 0.3 is 0 Å². The molecule has 0 unspecified atom stereocenters. The third kappa shape index (κ3) is 5.06. The van der Waals surface area contributed by atoms with Crippen molar-refractivity contribution < 1.29 is 9.59 Å². The second kappa shape index (κ2) is 10.2.